The van der Waals surface area contributed by atoms with Gasteiger partial charge in [0.05, 0.1) is 24.8 Å². The summed E-state index contributed by atoms with van der Waals surface area (Å²) in [6, 6.07) is 25.5. The van der Waals surface area contributed by atoms with Crippen molar-refractivity contribution in [1.29, 1.82) is 0 Å². The van der Waals surface area contributed by atoms with Crippen molar-refractivity contribution in [2.45, 2.75) is 94.5 Å². The minimum atomic E-state index is -1.34. The van der Waals surface area contributed by atoms with Crippen molar-refractivity contribution in [3.8, 4) is 11.5 Å². The maximum absolute atomic E-state index is 14.4. The average Bonchev–Trinajstić information content (AvgIpc) is 3.26. The molecule has 1 heterocycles. The number of nitrogens with zero attached hydrogens (tertiary/aromatic N) is 2. The van der Waals surface area contributed by atoms with Crippen LogP contribution in [-0.2, 0) is 20.9 Å². The Morgan fingerprint density at radius 2 is 1.75 bits per heavy atom. The van der Waals surface area contributed by atoms with Gasteiger partial charge in [0.1, 0.15) is 30.8 Å². The predicted molar refractivity (Wildman–Crippen MR) is 233 cm³/mol. The number of carbonyl (C=O) groups excluding carboxylic acids is 1. The van der Waals surface area contributed by atoms with E-state index < -0.39 is 23.8 Å². The highest BCUT2D eigenvalue weighted by Crippen LogP contribution is 2.62. The molecule has 0 spiro atoms. The molecule has 0 aromatic heterocycles. The summed E-state index contributed by atoms with van der Waals surface area (Å²) >= 11 is 1.76. The summed E-state index contributed by atoms with van der Waals surface area (Å²) in [5.74, 6) is 0.611. The van der Waals surface area contributed by atoms with Crippen LogP contribution in [0, 0.1) is 17.8 Å². The number of hydrogen-bond acceptors (Lipinski definition) is 10. The SMILES string of the molecule is C=CCOC12Oc3ccc(OCCSc4ccccc4)cc3C3C(CCCCO)C(CCCCO)C=C(C(=NOCC)CC1N(CCC)C(=O)OCc1ccccc1)C32. The van der Waals surface area contributed by atoms with Gasteiger partial charge in [0.25, 0.3) is 0 Å². The third kappa shape index (κ3) is 10.7. The van der Waals surface area contributed by atoms with Crippen molar-refractivity contribution in [3.05, 3.63) is 114 Å². The molecule has 3 aliphatic rings. The molecule has 1 fully saturated rings. The van der Waals surface area contributed by atoms with E-state index in [1.54, 1.807) is 22.7 Å². The molecule has 10 nitrogen and oxygen atoms in total. The van der Waals surface area contributed by atoms with Crippen LogP contribution in [0.5, 0.6) is 11.5 Å². The molecule has 0 radical (unpaired) electrons. The number of ether oxygens (including phenoxy) is 4. The summed E-state index contributed by atoms with van der Waals surface area (Å²) in [4.78, 5) is 23.3. The molecule has 6 unspecified atom stereocenters. The standard InChI is InChI=1S/C48H62N2O8S/c1-4-25-50(47(53)55-34-35-17-9-7-10-18-35)44-33-42(49-57-6-3)40-31-36(19-13-15-26-51)39(22-14-16-27-52)45-41-32-37(54-29-30-59-38-20-11-8-12-21-38)23-24-43(41)58-48(44,46(40)45)56-28-5-2/h5,7-12,17-18,20-21,23-24,31-32,36,39,44-46,51-52H,2,4,6,13-16,19,22,25-30,33-34H2,1,3H3. The number of unbranched alkanes of at least 4 members (excludes halogenated alkanes) is 2. The van der Waals surface area contributed by atoms with Crippen molar-refractivity contribution in [2.24, 2.45) is 22.9 Å². The lowest BCUT2D eigenvalue weighted by Gasteiger charge is -2.59. The van der Waals surface area contributed by atoms with Gasteiger partial charge in [-0.3, -0.25) is 4.90 Å². The van der Waals surface area contributed by atoms with Crippen molar-refractivity contribution < 1.29 is 38.8 Å². The van der Waals surface area contributed by atoms with Crippen LogP contribution in [0.3, 0.4) is 0 Å². The molecule has 2 N–H and O–H groups in total. The molecule has 6 atom stereocenters. The molecule has 11 heteroatoms. The first-order valence-electron chi connectivity index (χ1n) is 21.5. The lowest BCUT2D eigenvalue weighted by Crippen LogP contribution is -2.70. The van der Waals surface area contributed by atoms with Gasteiger partial charge >= 0.3 is 6.09 Å². The van der Waals surface area contributed by atoms with Gasteiger partial charge in [-0.2, -0.15) is 0 Å². The summed E-state index contributed by atoms with van der Waals surface area (Å²) in [5.41, 5.74) is 3.69. The van der Waals surface area contributed by atoms with E-state index in [9.17, 15) is 15.0 Å². The summed E-state index contributed by atoms with van der Waals surface area (Å²) in [6.45, 7) is 9.89. The van der Waals surface area contributed by atoms with Crippen molar-refractivity contribution in [2.75, 3.05) is 45.3 Å². The number of carbonyl (C=O) groups is 1. The summed E-state index contributed by atoms with van der Waals surface area (Å²) in [5, 5.41) is 24.6. The topological polar surface area (TPSA) is 119 Å². The molecule has 0 saturated heterocycles. The fraction of sp³-hybridized carbons (Fsp3) is 0.500. The van der Waals surface area contributed by atoms with Crippen molar-refractivity contribution >= 4 is 23.6 Å². The summed E-state index contributed by atoms with van der Waals surface area (Å²) < 4.78 is 26.9. The second-order valence-electron chi connectivity index (χ2n) is 15.4. The van der Waals surface area contributed by atoms with Crippen LogP contribution in [0.1, 0.15) is 82.3 Å². The van der Waals surface area contributed by atoms with Crippen LogP contribution in [0.2, 0.25) is 0 Å². The number of rotatable bonds is 23. The van der Waals surface area contributed by atoms with Gasteiger partial charge in [0.2, 0.25) is 5.79 Å². The van der Waals surface area contributed by atoms with Gasteiger partial charge in [-0.1, -0.05) is 85.6 Å². The number of fused-ring (bicyclic) bond motifs is 2. The number of thioether (sulfide) groups is 1. The molecule has 0 bridgehead atoms. The predicted octanol–water partition coefficient (Wildman–Crippen LogP) is 9.56. The molecular formula is C48H62N2O8S. The minimum absolute atomic E-state index is 0.115. The third-order valence-electron chi connectivity index (χ3n) is 11.6. The normalized spacial score (nSPS) is 23.6. The number of allylic oxidation sites excluding steroid dienone is 1. The fourth-order valence-electron chi connectivity index (χ4n) is 9.13. The molecule has 1 aliphatic heterocycles. The zero-order valence-corrected chi connectivity index (χ0v) is 35.5. The average molecular weight is 827 g/mol. The Balaban J connectivity index is 1.47. The molecule has 2 aliphatic carbocycles. The lowest BCUT2D eigenvalue weighted by atomic mass is 9.55. The highest BCUT2D eigenvalue weighted by molar-refractivity contribution is 7.99. The van der Waals surface area contributed by atoms with Gasteiger partial charge < -0.3 is 34.0 Å². The summed E-state index contributed by atoms with van der Waals surface area (Å²) in [6.07, 6.45) is 9.46. The Labute approximate surface area is 354 Å². The van der Waals surface area contributed by atoms with Gasteiger partial charge in [0.15, 0.2) is 0 Å². The second kappa shape index (κ2) is 22.4. The monoisotopic (exact) mass is 826 g/mol. The zero-order chi connectivity index (χ0) is 41.5. The Morgan fingerprint density at radius 3 is 2.46 bits per heavy atom. The molecule has 1 amide bonds. The number of benzene rings is 3. The number of amides is 1. The smallest absolute Gasteiger partial charge is 0.410 e. The first-order chi connectivity index (χ1) is 29.0. The van der Waals surface area contributed by atoms with Crippen LogP contribution < -0.4 is 9.47 Å². The highest BCUT2D eigenvalue weighted by atomic mass is 32.2. The van der Waals surface area contributed by atoms with Crippen LogP contribution >= 0.6 is 11.8 Å². The quantitative estimate of drug-likeness (QED) is 0.0417. The lowest BCUT2D eigenvalue weighted by molar-refractivity contribution is -0.255. The zero-order valence-electron chi connectivity index (χ0n) is 34.7. The molecule has 318 valence electrons. The second-order valence-corrected chi connectivity index (χ2v) is 16.6. The first-order valence-corrected chi connectivity index (χ1v) is 22.4. The van der Waals surface area contributed by atoms with E-state index in [2.05, 4.69) is 30.9 Å². The Bertz CT molecular complexity index is 1840. The van der Waals surface area contributed by atoms with E-state index in [4.69, 9.17) is 28.9 Å². The van der Waals surface area contributed by atoms with E-state index in [1.807, 2.05) is 74.5 Å². The molecule has 3 aromatic carbocycles. The van der Waals surface area contributed by atoms with E-state index in [0.29, 0.717) is 51.2 Å². The number of hydrogen-bond donors (Lipinski definition) is 2. The highest BCUT2D eigenvalue weighted by Gasteiger charge is 2.65. The van der Waals surface area contributed by atoms with Crippen LogP contribution in [-0.4, -0.2) is 84.1 Å². The Hall–Kier alpha value is -4.29. The Morgan fingerprint density at radius 1 is 1.00 bits per heavy atom. The largest absolute Gasteiger partial charge is 0.493 e. The van der Waals surface area contributed by atoms with Crippen LogP contribution in [0.4, 0.5) is 4.79 Å². The third-order valence-corrected chi connectivity index (χ3v) is 12.6. The van der Waals surface area contributed by atoms with Crippen LogP contribution in [0.25, 0.3) is 0 Å². The van der Waals surface area contributed by atoms with Gasteiger partial charge in [-0.25, -0.2) is 4.79 Å². The van der Waals surface area contributed by atoms with Gasteiger partial charge in [-0.05, 0) is 92.3 Å². The molecule has 59 heavy (non-hydrogen) atoms. The number of aliphatic hydroxyl groups excluding tert-OH is 2. The summed E-state index contributed by atoms with van der Waals surface area (Å²) in [7, 11) is 0. The molecule has 6 rings (SSSR count). The molecule has 1 saturated carbocycles. The fourth-order valence-corrected chi connectivity index (χ4v) is 9.89. The minimum Gasteiger partial charge on any atom is -0.493 e. The maximum atomic E-state index is 14.4. The van der Waals surface area contributed by atoms with E-state index in [0.717, 1.165) is 59.6 Å². The van der Waals surface area contributed by atoms with Crippen molar-refractivity contribution in [1.82, 2.24) is 4.90 Å². The van der Waals surface area contributed by atoms with Crippen molar-refractivity contribution in [3.63, 3.8) is 0 Å². The molecular weight excluding hydrogens is 765 g/mol. The first kappa shape index (κ1) is 44.3. The number of aliphatic hydroxyl groups is 2. The molecule has 3 aromatic rings. The Kier molecular flexibility index (Phi) is 16.8. The maximum Gasteiger partial charge on any atom is 0.410 e. The van der Waals surface area contributed by atoms with E-state index >= 15 is 0 Å². The van der Waals surface area contributed by atoms with Crippen LogP contribution in [0.15, 0.2) is 113 Å². The van der Waals surface area contributed by atoms with Gasteiger partial charge in [-0.15, -0.1) is 18.3 Å². The number of oxime groups is 1. The van der Waals surface area contributed by atoms with E-state index in [-0.39, 0.29) is 44.2 Å². The van der Waals surface area contributed by atoms with E-state index in [1.165, 1.54) is 4.90 Å². The van der Waals surface area contributed by atoms with Gasteiger partial charge in [0, 0.05) is 48.3 Å².